The predicted octanol–water partition coefficient (Wildman–Crippen LogP) is 1.37. The van der Waals surface area contributed by atoms with Crippen molar-refractivity contribution < 1.29 is 8.81 Å². The van der Waals surface area contributed by atoms with Crippen molar-refractivity contribution in [1.82, 2.24) is 9.97 Å². The number of aromatic amines is 2. The Kier molecular flexibility index (Phi) is 3.97. The zero-order valence-electron chi connectivity index (χ0n) is 10.8. The molecule has 0 saturated heterocycles. The minimum absolute atomic E-state index is 0.140. The SMILES string of the molecule is C/C(F)=C\CCCc1cc(=O)oc2[nH]c(=O)[nH]c(=O)c12. The lowest BCUT2D eigenvalue weighted by molar-refractivity contribution is 0.543. The van der Waals surface area contributed by atoms with Gasteiger partial charge in [0.2, 0.25) is 5.71 Å². The summed E-state index contributed by atoms with van der Waals surface area (Å²) in [4.78, 5) is 38.6. The van der Waals surface area contributed by atoms with E-state index in [4.69, 9.17) is 4.42 Å². The van der Waals surface area contributed by atoms with E-state index in [0.29, 0.717) is 24.8 Å². The number of rotatable bonds is 4. The van der Waals surface area contributed by atoms with Gasteiger partial charge in [-0.2, -0.15) is 0 Å². The third-order valence-electron chi connectivity index (χ3n) is 2.80. The average molecular weight is 280 g/mol. The van der Waals surface area contributed by atoms with Crippen LogP contribution in [0.1, 0.15) is 25.3 Å². The van der Waals surface area contributed by atoms with Gasteiger partial charge in [0.05, 0.1) is 5.83 Å². The number of aryl methyl sites for hydroxylation is 1. The molecular formula is C13H13FN2O4. The highest BCUT2D eigenvalue weighted by atomic mass is 19.1. The van der Waals surface area contributed by atoms with Gasteiger partial charge in [0.25, 0.3) is 5.56 Å². The van der Waals surface area contributed by atoms with Crippen molar-refractivity contribution in [1.29, 1.82) is 0 Å². The molecule has 0 unspecified atom stereocenters. The van der Waals surface area contributed by atoms with Gasteiger partial charge in [-0.3, -0.25) is 14.8 Å². The molecule has 20 heavy (non-hydrogen) atoms. The largest absolute Gasteiger partial charge is 0.405 e. The molecule has 0 spiro atoms. The van der Waals surface area contributed by atoms with Gasteiger partial charge < -0.3 is 4.42 Å². The summed E-state index contributed by atoms with van der Waals surface area (Å²) in [6.45, 7) is 1.35. The molecule has 7 heteroatoms. The standard InChI is InChI=1S/C13H13FN2O4/c1-7(14)4-2-3-5-8-6-9(17)20-12-10(8)11(18)15-13(19)16-12/h4,6H,2-3,5H2,1H3,(H2,15,16,18,19)/b7-4+. The molecule has 0 aromatic carbocycles. The Morgan fingerprint density at radius 1 is 1.35 bits per heavy atom. The van der Waals surface area contributed by atoms with Crippen molar-refractivity contribution >= 4 is 11.1 Å². The van der Waals surface area contributed by atoms with Crippen molar-refractivity contribution in [2.24, 2.45) is 0 Å². The van der Waals surface area contributed by atoms with E-state index in [-0.39, 0.29) is 16.9 Å². The first-order valence-corrected chi connectivity index (χ1v) is 6.09. The molecule has 6 nitrogen and oxygen atoms in total. The van der Waals surface area contributed by atoms with Crippen molar-refractivity contribution in [3.05, 3.63) is 54.8 Å². The molecule has 0 aliphatic heterocycles. The molecule has 0 atom stereocenters. The highest BCUT2D eigenvalue weighted by Gasteiger charge is 2.10. The molecule has 2 N–H and O–H groups in total. The van der Waals surface area contributed by atoms with Gasteiger partial charge in [0.15, 0.2) is 0 Å². The van der Waals surface area contributed by atoms with Crippen LogP contribution in [0.4, 0.5) is 4.39 Å². The van der Waals surface area contributed by atoms with E-state index in [1.165, 1.54) is 19.1 Å². The number of allylic oxidation sites excluding steroid dienone is 2. The Hall–Kier alpha value is -2.44. The Balaban J connectivity index is 2.42. The molecule has 0 aliphatic carbocycles. The lowest BCUT2D eigenvalue weighted by Crippen LogP contribution is -2.24. The van der Waals surface area contributed by atoms with E-state index in [2.05, 4.69) is 9.97 Å². The molecule has 0 bridgehead atoms. The van der Waals surface area contributed by atoms with Crippen molar-refractivity contribution in [2.75, 3.05) is 0 Å². The second-order valence-electron chi connectivity index (χ2n) is 4.39. The van der Waals surface area contributed by atoms with Gasteiger partial charge in [-0.25, -0.2) is 14.0 Å². The van der Waals surface area contributed by atoms with Crippen LogP contribution < -0.4 is 16.9 Å². The maximum Gasteiger partial charge on any atom is 0.337 e. The first-order chi connectivity index (χ1) is 9.47. The molecular weight excluding hydrogens is 267 g/mol. The summed E-state index contributed by atoms with van der Waals surface area (Å²) in [5.74, 6) is -0.274. The Labute approximate surface area is 112 Å². The van der Waals surface area contributed by atoms with Gasteiger partial charge in [0.1, 0.15) is 5.39 Å². The number of aromatic nitrogens is 2. The van der Waals surface area contributed by atoms with Crippen molar-refractivity contribution in [2.45, 2.75) is 26.2 Å². The van der Waals surface area contributed by atoms with Crippen LogP contribution in [0.5, 0.6) is 0 Å². The number of hydrogen-bond acceptors (Lipinski definition) is 4. The van der Waals surface area contributed by atoms with Crippen LogP contribution in [-0.4, -0.2) is 9.97 Å². The van der Waals surface area contributed by atoms with E-state index in [9.17, 15) is 18.8 Å². The molecule has 0 aliphatic rings. The van der Waals surface area contributed by atoms with Gasteiger partial charge in [-0.15, -0.1) is 0 Å². The summed E-state index contributed by atoms with van der Waals surface area (Å²) in [6.07, 6.45) is 2.89. The van der Waals surface area contributed by atoms with Crippen LogP contribution in [0.15, 0.2) is 36.8 Å². The number of fused-ring (bicyclic) bond motifs is 1. The summed E-state index contributed by atoms with van der Waals surface area (Å²) < 4.78 is 17.4. The molecule has 0 saturated carbocycles. The van der Waals surface area contributed by atoms with E-state index in [0.717, 1.165) is 0 Å². The van der Waals surface area contributed by atoms with Crippen LogP contribution >= 0.6 is 0 Å². The topological polar surface area (TPSA) is 95.9 Å². The second kappa shape index (κ2) is 5.68. The van der Waals surface area contributed by atoms with Crippen molar-refractivity contribution in [3.8, 4) is 0 Å². The van der Waals surface area contributed by atoms with E-state index < -0.39 is 16.9 Å². The lowest BCUT2D eigenvalue weighted by atomic mass is 10.1. The van der Waals surface area contributed by atoms with Gasteiger partial charge in [0, 0.05) is 6.07 Å². The molecule has 0 amide bonds. The van der Waals surface area contributed by atoms with E-state index in [1.807, 2.05) is 0 Å². The Morgan fingerprint density at radius 2 is 2.10 bits per heavy atom. The van der Waals surface area contributed by atoms with Crippen LogP contribution in [0.3, 0.4) is 0 Å². The molecule has 0 fully saturated rings. The maximum absolute atomic E-state index is 12.6. The monoisotopic (exact) mass is 280 g/mol. The number of nitrogens with one attached hydrogen (secondary N) is 2. The number of unbranched alkanes of at least 4 members (excludes halogenated alkanes) is 1. The first kappa shape index (κ1) is 14.0. The van der Waals surface area contributed by atoms with Crippen LogP contribution in [-0.2, 0) is 6.42 Å². The van der Waals surface area contributed by atoms with E-state index >= 15 is 0 Å². The fourth-order valence-electron chi connectivity index (χ4n) is 1.97. The highest BCUT2D eigenvalue weighted by molar-refractivity contribution is 5.75. The maximum atomic E-state index is 12.6. The second-order valence-corrected chi connectivity index (χ2v) is 4.39. The molecule has 2 rings (SSSR count). The van der Waals surface area contributed by atoms with Crippen LogP contribution in [0, 0.1) is 0 Å². The normalized spacial score (nSPS) is 12.0. The molecule has 106 valence electrons. The van der Waals surface area contributed by atoms with Crippen LogP contribution in [0.25, 0.3) is 11.1 Å². The fourth-order valence-corrected chi connectivity index (χ4v) is 1.97. The van der Waals surface area contributed by atoms with Crippen LogP contribution in [0.2, 0.25) is 0 Å². The predicted molar refractivity (Wildman–Crippen MR) is 71.5 cm³/mol. The Bertz CT molecular complexity index is 819. The van der Waals surface area contributed by atoms with E-state index in [1.54, 1.807) is 0 Å². The molecule has 2 heterocycles. The summed E-state index contributed by atoms with van der Waals surface area (Å²) in [6, 6.07) is 1.21. The number of hydrogen-bond donors (Lipinski definition) is 2. The summed E-state index contributed by atoms with van der Waals surface area (Å²) in [7, 11) is 0. The first-order valence-electron chi connectivity index (χ1n) is 6.09. The summed E-state index contributed by atoms with van der Waals surface area (Å²) in [5.41, 5.74) is -1.67. The number of H-pyrrole nitrogens is 2. The zero-order chi connectivity index (χ0) is 14.7. The minimum atomic E-state index is -0.737. The van der Waals surface area contributed by atoms with Gasteiger partial charge in [-0.1, -0.05) is 6.08 Å². The van der Waals surface area contributed by atoms with Gasteiger partial charge >= 0.3 is 11.3 Å². The molecule has 0 radical (unpaired) electrons. The summed E-state index contributed by atoms with van der Waals surface area (Å²) in [5, 5.41) is 0.144. The zero-order valence-corrected chi connectivity index (χ0v) is 10.8. The molecule has 2 aromatic heterocycles. The Morgan fingerprint density at radius 3 is 2.80 bits per heavy atom. The minimum Gasteiger partial charge on any atom is -0.405 e. The lowest BCUT2D eigenvalue weighted by Gasteiger charge is -2.02. The van der Waals surface area contributed by atoms with Gasteiger partial charge in [-0.05, 0) is 31.7 Å². The summed E-state index contributed by atoms with van der Waals surface area (Å²) >= 11 is 0. The highest BCUT2D eigenvalue weighted by Crippen LogP contribution is 2.12. The molecule has 2 aromatic rings. The third kappa shape index (κ3) is 3.11. The quantitative estimate of drug-likeness (QED) is 0.826. The average Bonchev–Trinajstić information content (AvgIpc) is 2.32. The number of halogens is 1. The van der Waals surface area contributed by atoms with Crippen molar-refractivity contribution in [3.63, 3.8) is 0 Å². The smallest absolute Gasteiger partial charge is 0.337 e. The fraction of sp³-hybridized carbons (Fsp3) is 0.308. The third-order valence-corrected chi connectivity index (χ3v) is 2.80.